The van der Waals surface area contributed by atoms with E-state index in [9.17, 15) is 31.1 Å². The highest BCUT2D eigenvalue weighted by molar-refractivity contribution is 5.90. The molecule has 0 aliphatic carbocycles. The van der Waals surface area contributed by atoms with Gasteiger partial charge in [0.05, 0.1) is 22.9 Å². The number of carbonyl (C=O) groups excluding carboxylic acids is 1. The van der Waals surface area contributed by atoms with E-state index in [1.165, 1.54) is 0 Å². The zero-order valence-electron chi connectivity index (χ0n) is 17.5. The van der Waals surface area contributed by atoms with Gasteiger partial charge in [-0.2, -0.15) is 26.3 Å². The molecule has 1 heterocycles. The van der Waals surface area contributed by atoms with Crippen molar-refractivity contribution in [1.82, 2.24) is 10.3 Å². The Labute approximate surface area is 185 Å². The van der Waals surface area contributed by atoms with Gasteiger partial charge in [0.1, 0.15) is 0 Å². The zero-order valence-corrected chi connectivity index (χ0v) is 17.5. The first-order valence-electron chi connectivity index (χ1n) is 9.70. The van der Waals surface area contributed by atoms with Crippen molar-refractivity contribution in [1.29, 1.82) is 0 Å². The molecular formula is C23H19F6N3O. The molecule has 0 aliphatic rings. The average molecular weight is 467 g/mol. The first kappa shape index (κ1) is 24.1. The summed E-state index contributed by atoms with van der Waals surface area (Å²) in [4.78, 5) is 16.5. The molecule has 33 heavy (non-hydrogen) atoms. The number of aryl methyl sites for hydroxylation is 2. The Balaban J connectivity index is 2.01. The molecule has 1 aromatic heterocycles. The van der Waals surface area contributed by atoms with Crippen molar-refractivity contribution in [3.05, 3.63) is 94.3 Å². The van der Waals surface area contributed by atoms with Gasteiger partial charge in [0, 0.05) is 11.9 Å². The summed E-state index contributed by atoms with van der Waals surface area (Å²) in [5.74, 6) is 0. The summed E-state index contributed by atoms with van der Waals surface area (Å²) in [6, 6.07) is 8.36. The maximum Gasteiger partial charge on any atom is 0.418 e. The highest BCUT2D eigenvalue weighted by atomic mass is 19.4. The molecule has 1 atom stereocenters. The van der Waals surface area contributed by atoms with Crippen LogP contribution in [0.5, 0.6) is 0 Å². The Hall–Kier alpha value is -3.56. The number of nitrogens with zero attached hydrogens (tertiary/aromatic N) is 1. The first-order valence-corrected chi connectivity index (χ1v) is 9.70. The average Bonchev–Trinajstić information content (AvgIpc) is 2.73. The van der Waals surface area contributed by atoms with Gasteiger partial charge in [-0.15, -0.1) is 0 Å². The summed E-state index contributed by atoms with van der Waals surface area (Å²) in [5.41, 5.74) is -0.612. The third-order valence-electron chi connectivity index (χ3n) is 4.91. The van der Waals surface area contributed by atoms with Crippen LogP contribution in [-0.4, -0.2) is 11.0 Å². The molecule has 2 amide bonds. The lowest BCUT2D eigenvalue weighted by molar-refractivity contribution is -0.139. The Bertz CT molecular complexity index is 1140. The van der Waals surface area contributed by atoms with Crippen LogP contribution in [0.4, 0.5) is 36.8 Å². The van der Waals surface area contributed by atoms with Crippen molar-refractivity contribution in [3.63, 3.8) is 0 Å². The Kier molecular flexibility index (Phi) is 6.66. The maximum atomic E-state index is 13.6. The molecular weight excluding hydrogens is 448 g/mol. The third kappa shape index (κ3) is 5.82. The van der Waals surface area contributed by atoms with E-state index in [1.54, 1.807) is 26.0 Å². The van der Waals surface area contributed by atoms with E-state index in [0.29, 0.717) is 5.69 Å². The van der Waals surface area contributed by atoms with Crippen LogP contribution in [0.2, 0.25) is 0 Å². The standard InChI is InChI=1S/C23H19F6N3O/c1-13-5-6-14(2)18(12-13)31-21(33)32-19(15-7-9-16(10-8-15)22(24,25)26)20-17(23(27,28)29)4-3-11-30-20/h3-12,19H,1-2H3,(H2,31,32,33). The summed E-state index contributed by atoms with van der Waals surface area (Å²) in [5, 5.41) is 5.00. The van der Waals surface area contributed by atoms with Crippen LogP contribution in [0.15, 0.2) is 60.8 Å². The lowest BCUT2D eigenvalue weighted by Gasteiger charge is -2.23. The summed E-state index contributed by atoms with van der Waals surface area (Å²) >= 11 is 0. The van der Waals surface area contributed by atoms with E-state index in [2.05, 4.69) is 15.6 Å². The van der Waals surface area contributed by atoms with E-state index in [0.717, 1.165) is 53.7 Å². The van der Waals surface area contributed by atoms with Gasteiger partial charge in [-0.3, -0.25) is 4.98 Å². The SMILES string of the molecule is Cc1ccc(C)c(NC(=O)NC(c2ccc(C(F)(F)F)cc2)c2ncccc2C(F)(F)F)c1. The second-order valence-electron chi connectivity index (χ2n) is 7.40. The number of amides is 2. The van der Waals surface area contributed by atoms with Crippen LogP contribution in [-0.2, 0) is 12.4 Å². The number of nitrogens with one attached hydrogen (secondary N) is 2. The fourth-order valence-corrected chi connectivity index (χ4v) is 3.22. The smallest absolute Gasteiger partial charge is 0.325 e. The number of benzene rings is 2. The van der Waals surface area contributed by atoms with Crippen molar-refractivity contribution in [2.75, 3.05) is 5.32 Å². The lowest BCUT2D eigenvalue weighted by Crippen LogP contribution is -2.35. The summed E-state index contributed by atoms with van der Waals surface area (Å²) in [7, 11) is 0. The largest absolute Gasteiger partial charge is 0.418 e. The molecule has 3 rings (SSSR count). The minimum Gasteiger partial charge on any atom is -0.325 e. The highest BCUT2D eigenvalue weighted by Crippen LogP contribution is 2.36. The van der Waals surface area contributed by atoms with Crippen molar-refractivity contribution >= 4 is 11.7 Å². The van der Waals surface area contributed by atoms with Crippen LogP contribution in [0.3, 0.4) is 0 Å². The number of pyridine rings is 1. The van der Waals surface area contributed by atoms with E-state index < -0.39 is 41.2 Å². The number of hydrogen-bond acceptors (Lipinski definition) is 2. The summed E-state index contributed by atoms with van der Waals surface area (Å²) < 4.78 is 79.7. The quantitative estimate of drug-likeness (QED) is 0.423. The van der Waals surface area contributed by atoms with Gasteiger partial charge in [-0.25, -0.2) is 4.79 Å². The molecule has 10 heteroatoms. The molecule has 3 aromatic rings. The van der Waals surface area contributed by atoms with Crippen LogP contribution >= 0.6 is 0 Å². The fourth-order valence-electron chi connectivity index (χ4n) is 3.22. The van der Waals surface area contributed by atoms with Gasteiger partial charge in [-0.05, 0) is 60.9 Å². The normalized spacial score (nSPS) is 12.8. The number of halogens is 6. The summed E-state index contributed by atoms with van der Waals surface area (Å²) in [6.45, 7) is 3.54. The number of carbonyl (C=O) groups is 1. The third-order valence-corrected chi connectivity index (χ3v) is 4.91. The number of anilines is 1. The van der Waals surface area contributed by atoms with Gasteiger partial charge in [0.15, 0.2) is 0 Å². The Morgan fingerprint density at radius 2 is 1.58 bits per heavy atom. The second-order valence-corrected chi connectivity index (χ2v) is 7.40. The molecule has 0 aliphatic heterocycles. The predicted molar refractivity (Wildman–Crippen MR) is 111 cm³/mol. The first-order chi connectivity index (χ1) is 15.4. The van der Waals surface area contributed by atoms with Crippen LogP contribution in [0, 0.1) is 13.8 Å². The summed E-state index contributed by atoms with van der Waals surface area (Å²) in [6.07, 6.45) is -8.30. The molecule has 2 N–H and O–H groups in total. The highest BCUT2D eigenvalue weighted by Gasteiger charge is 2.37. The van der Waals surface area contributed by atoms with Crippen LogP contribution in [0.25, 0.3) is 0 Å². The molecule has 2 aromatic carbocycles. The van der Waals surface area contributed by atoms with Gasteiger partial charge >= 0.3 is 18.4 Å². The fraction of sp³-hybridized carbons (Fsp3) is 0.217. The van der Waals surface area contributed by atoms with Gasteiger partial charge in [0.2, 0.25) is 0 Å². The monoisotopic (exact) mass is 467 g/mol. The van der Waals surface area contributed by atoms with Gasteiger partial charge < -0.3 is 10.6 Å². The van der Waals surface area contributed by atoms with Gasteiger partial charge in [-0.1, -0.05) is 24.3 Å². The van der Waals surface area contributed by atoms with Crippen molar-refractivity contribution < 1.29 is 31.1 Å². The van der Waals surface area contributed by atoms with Crippen LogP contribution in [0.1, 0.15) is 39.6 Å². The Morgan fingerprint density at radius 1 is 0.909 bits per heavy atom. The predicted octanol–water partition coefficient (Wildman–Crippen LogP) is 6.65. The minimum absolute atomic E-state index is 0.00307. The Morgan fingerprint density at radius 3 is 2.18 bits per heavy atom. The molecule has 0 saturated heterocycles. The topological polar surface area (TPSA) is 54.0 Å². The molecule has 0 radical (unpaired) electrons. The van der Waals surface area contributed by atoms with Crippen molar-refractivity contribution in [2.24, 2.45) is 0 Å². The van der Waals surface area contributed by atoms with Gasteiger partial charge in [0.25, 0.3) is 0 Å². The molecule has 4 nitrogen and oxygen atoms in total. The number of aromatic nitrogens is 1. The number of urea groups is 1. The molecule has 174 valence electrons. The number of alkyl halides is 6. The lowest BCUT2D eigenvalue weighted by atomic mass is 9.98. The van der Waals surface area contributed by atoms with E-state index in [-0.39, 0.29) is 5.56 Å². The molecule has 0 bridgehead atoms. The van der Waals surface area contributed by atoms with E-state index in [1.807, 2.05) is 6.07 Å². The second kappa shape index (κ2) is 9.13. The maximum absolute atomic E-state index is 13.6. The number of rotatable bonds is 4. The zero-order chi connectivity index (χ0) is 24.4. The van der Waals surface area contributed by atoms with E-state index in [4.69, 9.17) is 0 Å². The van der Waals surface area contributed by atoms with Crippen molar-refractivity contribution in [2.45, 2.75) is 32.2 Å². The molecule has 1 unspecified atom stereocenters. The molecule has 0 saturated carbocycles. The van der Waals surface area contributed by atoms with Crippen molar-refractivity contribution in [3.8, 4) is 0 Å². The number of hydrogen-bond donors (Lipinski definition) is 2. The molecule has 0 fully saturated rings. The minimum atomic E-state index is -4.79. The molecule has 0 spiro atoms. The van der Waals surface area contributed by atoms with E-state index >= 15 is 0 Å². The van der Waals surface area contributed by atoms with Crippen LogP contribution < -0.4 is 10.6 Å².